The first-order valence-electron chi connectivity index (χ1n) is 14.9. The number of likely N-dealkylation sites (tertiary alicyclic amines) is 1. The van der Waals surface area contributed by atoms with E-state index in [0.717, 1.165) is 50.3 Å². The van der Waals surface area contributed by atoms with Crippen molar-refractivity contribution in [2.45, 2.75) is 121 Å². The van der Waals surface area contributed by atoms with Gasteiger partial charge in [0.15, 0.2) is 11.5 Å². The van der Waals surface area contributed by atoms with E-state index >= 15 is 0 Å². The van der Waals surface area contributed by atoms with Crippen LogP contribution in [0.4, 0.5) is 0 Å². The van der Waals surface area contributed by atoms with Crippen molar-refractivity contribution in [3.8, 4) is 11.5 Å². The summed E-state index contributed by atoms with van der Waals surface area (Å²) in [5.74, 6) is 1.20. The number of phenols is 1. The van der Waals surface area contributed by atoms with E-state index in [4.69, 9.17) is 9.47 Å². The summed E-state index contributed by atoms with van der Waals surface area (Å²) >= 11 is 0. The molecule has 3 aliphatic carbocycles. The lowest BCUT2D eigenvalue weighted by Gasteiger charge is -2.66. The topological polar surface area (TPSA) is 100 Å². The molecular weight excluding hydrogens is 494 g/mol. The van der Waals surface area contributed by atoms with Crippen molar-refractivity contribution < 1.29 is 24.2 Å². The van der Waals surface area contributed by atoms with E-state index in [9.17, 15) is 14.7 Å². The third-order valence-electron chi connectivity index (χ3n) is 9.94. The molecular formula is C31H45N3O5. The normalized spacial score (nSPS) is 33.8. The van der Waals surface area contributed by atoms with Gasteiger partial charge in [0.1, 0.15) is 17.7 Å². The summed E-state index contributed by atoms with van der Waals surface area (Å²) in [6.45, 7) is 13.4. The predicted octanol–water partition coefficient (Wildman–Crippen LogP) is 3.42. The molecule has 39 heavy (non-hydrogen) atoms. The lowest BCUT2D eigenvalue weighted by Crippen LogP contribution is -2.83. The minimum absolute atomic E-state index is 0.0200. The number of ether oxygens (including phenoxy) is 2. The summed E-state index contributed by atoms with van der Waals surface area (Å²) < 4.78 is 12.6. The lowest BCUT2D eigenvalue weighted by molar-refractivity contribution is -0.160. The van der Waals surface area contributed by atoms with E-state index in [1.807, 2.05) is 34.6 Å². The maximum Gasteiger partial charge on any atom is 0.323 e. The number of carbonyl (C=O) groups excluding carboxylic acids is 2. The number of aromatic hydroxyl groups is 1. The molecule has 1 aromatic carbocycles. The molecule has 1 spiro atoms. The Hall–Kier alpha value is -2.32. The van der Waals surface area contributed by atoms with Gasteiger partial charge in [-0.15, -0.1) is 0 Å². The molecule has 6 atom stereocenters. The maximum absolute atomic E-state index is 13.3. The highest BCUT2D eigenvalue weighted by Crippen LogP contribution is 2.65. The second-order valence-corrected chi connectivity index (χ2v) is 14.1. The fraction of sp³-hybridized carbons (Fsp3) is 0.742. The Morgan fingerprint density at radius 1 is 1.21 bits per heavy atom. The second kappa shape index (κ2) is 9.10. The van der Waals surface area contributed by atoms with Crippen molar-refractivity contribution in [2.24, 2.45) is 11.8 Å². The first-order valence-corrected chi connectivity index (χ1v) is 14.9. The number of rotatable bonds is 7. The number of esters is 1. The number of hydrogen-bond acceptors (Lipinski definition) is 7. The van der Waals surface area contributed by atoms with Gasteiger partial charge in [0, 0.05) is 31.1 Å². The Bertz CT molecular complexity index is 1170. The summed E-state index contributed by atoms with van der Waals surface area (Å²) in [4.78, 5) is 28.9. The van der Waals surface area contributed by atoms with Gasteiger partial charge in [0.05, 0.1) is 11.0 Å². The smallest absolute Gasteiger partial charge is 0.323 e. The van der Waals surface area contributed by atoms with Crippen LogP contribution in [0.3, 0.4) is 0 Å². The van der Waals surface area contributed by atoms with Gasteiger partial charge in [-0.1, -0.05) is 19.9 Å². The summed E-state index contributed by atoms with van der Waals surface area (Å²) in [5, 5.41) is 18.2. The highest BCUT2D eigenvalue weighted by atomic mass is 16.6. The van der Waals surface area contributed by atoms with E-state index in [1.165, 1.54) is 18.4 Å². The molecule has 1 saturated heterocycles. The van der Waals surface area contributed by atoms with Crippen molar-refractivity contribution in [1.29, 1.82) is 0 Å². The Morgan fingerprint density at radius 2 is 1.95 bits per heavy atom. The van der Waals surface area contributed by atoms with E-state index in [2.05, 4.69) is 21.6 Å². The fourth-order valence-electron chi connectivity index (χ4n) is 8.40. The number of benzene rings is 1. The van der Waals surface area contributed by atoms with Gasteiger partial charge in [-0.3, -0.25) is 19.8 Å². The van der Waals surface area contributed by atoms with Crippen molar-refractivity contribution >= 4 is 11.9 Å². The molecule has 0 aromatic heterocycles. The van der Waals surface area contributed by atoms with Gasteiger partial charge in [-0.05, 0) is 89.3 Å². The van der Waals surface area contributed by atoms with Crippen LogP contribution in [0, 0.1) is 11.8 Å². The minimum atomic E-state index is -0.580. The zero-order chi connectivity index (χ0) is 27.9. The summed E-state index contributed by atoms with van der Waals surface area (Å²) in [5.41, 5.74) is 0.721. The molecule has 214 valence electrons. The molecule has 5 aliphatic rings. The van der Waals surface area contributed by atoms with Crippen LogP contribution in [0.15, 0.2) is 12.1 Å². The zero-order valence-electron chi connectivity index (χ0n) is 24.3. The number of nitrogens with zero attached hydrogens (tertiary/aromatic N) is 1. The number of carbonyl (C=O) groups is 2. The highest BCUT2D eigenvalue weighted by Gasteiger charge is 2.73. The molecule has 1 amide bonds. The number of amides is 1. The van der Waals surface area contributed by atoms with Crippen molar-refractivity contribution in [2.75, 3.05) is 13.1 Å². The first kappa shape index (κ1) is 26.9. The van der Waals surface area contributed by atoms with E-state index in [-0.39, 0.29) is 41.7 Å². The van der Waals surface area contributed by atoms with Gasteiger partial charge in [-0.2, -0.15) is 0 Å². The molecule has 2 heterocycles. The van der Waals surface area contributed by atoms with Crippen molar-refractivity contribution in [3.05, 3.63) is 23.3 Å². The van der Waals surface area contributed by atoms with E-state index < -0.39 is 22.6 Å². The van der Waals surface area contributed by atoms with Gasteiger partial charge >= 0.3 is 5.97 Å². The van der Waals surface area contributed by atoms with Crippen LogP contribution >= 0.6 is 0 Å². The molecule has 8 nitrogen and oxygen atoms in total. The van der Waals surface area contributed by atoms with E-state index in [1.54, 1.807) is 13.0 Å². The van der Waals surface area contributed by atoms with Gasteiger partial charge in [0.2, 0.25) is 5.91 Å². The lowest BCUT2D eigenvalue weighted by atomic mass is 9.46. The zero-order valence-corrected chi connectivity index (χ0v) is 24.3. The minimum Gasteiger partial charge on any atom is -0.504 e. The van der Waals surface area contributed by atoms with Crippen LogP contribution in [0.5, 0.6) is 11.5 Å². The standard InChI is InChI=1S/C31H45N3O5/c1-17(2)25(28(37)39-29(4,5)6)32-21-11-12-31(33-18(3)35)23-15-20-9-10-22(36)26-24(20)30(31,27(21)38-26)13-14-34(23)16-19-7-8-19/h9-10,17,19,21,23,25,27,32,36H,7-8,11-16H2,1-6H3,(H,33,35)/t21-,23+,25+,27-,30-,31+/m0/s1. The number of nitrogens with one attached hydrogen (secondary N) is 2. The quantitative estimate of drug-likeness (QED) is 0.457. The van der Waals surface area contributed by atoms with Gasteiger partial charge in [0.25, 0.3) is 0 Å². The third kappa shape index (κ3) is 4.16. The summed E-state index contributed by atoms with van der Waals surface area (Å²) in [6, 6.07) is 3.35. The average molecular weight is 540 g/mol. The van der Waals surface area contributed by atoms with Gasteiger partial charge < -0.3 is 19.9 Å². The molecule has 3 N–H and O–H groups in total. The van der Waals surface area contributed by atoms with Crippen LogP contribution in [0.1, 0.15) is 84.8 Å². The highest BCUT2D eigenvalue weighted by molar-refractivity contribution is 5.77. The Labute approximate surface area is 232 Å². The molecule has 8 heteroatoms. The first-order chi connectivity index (χ1) is 18.4. The largest absolute Gasteiger partial charge is 0.504 e. The molecule has 0 radical (unpaired) electrons. The molecule has 2 saturated carbocycles. The number of phenolic OH excluding ortho intramolecular Hbond substituents is 1. The molecule has 3 fully saturated rings. The molecule has 0 unspecified atom stereocenters. The van der Waals surface area contributed by atoms with Crippen LogP contribution in [-0.2, 0) is 26.2 Å². The van der Waals surface area contributed by atoms with E-state index in [0.29, 0.717) is 5.75 Å². The monoisotopic (exact) mass is 539 g/mol. The van der Waals surface area contributed by atoms with Crippen molar-refractivity contribution in [1.82, 2.24) is 15.5 Å². The fourth-order valence-corrected chi connectivity index (χ4v) is 8.40. The second-order valence-electron chi connectivity index (χ2n) is 14.1. The molecule has 6 rings (SSSR count). The van der Waals surface area contributed by atoms with Crippen LogP contribution in [0.25, 0.3) is 0 Å². The maximum atomic E-state index is 13.3. The Kier molecular flexibility index (Phi) is 6.27. The Morgan fingerprint density at radius 3 is 2.59 bits per heavy atom. The van der Waals surface area contributed by atoms with Crippen LogP contribution in [-0.4, -0.2) is 70.3 Å². The van der Waals surface area contributed by atoms with Crippen LogP contribution < -0.4 is 15.4 Å². The Balaban J connectivity index is 1.43. The molecule has 2 bridgehead atoms. The summed E-state index contributed by atoms with van der Waals surface area (Å²) in [6.07, 6.45) is 5.44. The number of piperidine rings is 1. The molecule has 1 aromatic rings. The third-order valence-corrected chi connectivity index (χ3v) is 9.94. The number of hydrogen-bond donors (Lipinski definition) is 3. The predicted molar refractivity (Wildman–Crippen MR) is 148 cm³/mol. The van der Waals surface area contributed by atoms with Crippen molar-refractivity contribution in [3.63, 3.8) is 0 Å². The molecule has 2 aliphatic heterocycles. The van der Waals surface area contributed by atoms with Gasteiger partial charge in [-0.25, -0.2) is 0 Å². The van der Waals surface area contributed by atoms with Crippen LogP contribution in [0.2, 0.25) is 0 Å². The SMILES string of the molecule is CC(=O)N[C@@]12CC[C@H](N[C@@H](C(=O)OC(C)(C)C)C(C)C)[C@@H]3Oc4c(O)ccc5c4[C@@]31CCN(CC1CC1)[C@@H]2C5. The summed E-state index contributed by atoms with van der Waals surface area (Å²) in [7, 11) is 0. The average Bonchev–Trinajstić information content (AvgIpc) is 3.57.